The molecule has 1 aliphatic carbocycles. The molecule has 1 saturated carbocycles. The van der Waals surface area contributed by atoms with Crippen molar-refractivity contribution in [3.63, 3.8) is 0 Å². The van der Waals surface area contributed by atoms with E-state index in [4.69, 9.17) is 9.84 Å². The van der Waals surface area contributed by atoms with Gasteiger partial charge in [-0.3, -0.25) is 4.79 Å². The zero-order chi connectivity index (χ0) is 13.1. The maximum atomic E-state index is 11.4. The van der Waals surface area contributed by atoms with Crippen LogP contribution in [0.15, 0.2) is 0 Å². The van der Waals surface area contributed by atoms with Gasteiger partial charge in [-0.15, -0.1) is 0 Å². The Morgan fingerprint density at radius 1 is 1.29 bits per heavy atom. The first-order valence-electron chi connectivity index (χ1n) is 5.96. The molecule has 98 valence electrons. The third kappa shape index (κ3) is 5.06. The van der Waals surface area contributed by atoms with E-state index in [0.29, 0.717) is 6.54 Å². The fourth-order valence-electron chi connectivity index (χ4n) is 1.93. The van der Waals surface area contributed by atoms with Gasteiger partial charge in [-0.05, 0) is 45.4 Å². The van der Waals surface area contributed by atoms with Crippen molar-refractivity contribution < 1.29 is 19.4 Å². The monoisotopic (exact) mass is 243 g/mol. The van der Waals surface area contributed by atoms with Gasteiger partial charge >= 0.3 is 12.1 Å². The molecule has 0 unspecified atom stereocenters. The summed E-state index contributed by atoms with van der Waals surface area (Å²) in [6.07, 6.45) is 1.68. The minimum Gasteiger partial charge on any atom is -0.481 e. The standard InChI is InChI=1S/C12H21NO4/c1-12(2,3)17-11(16)13-7-9-5-4-8(9)6-10(14)15/h8-9H,4-7H2,1-3H3,(H,13,16)(H,14,15)/t8-,9-/m0/s1. The summed E-state index contributed by atoms with van der Waals surface area (Å²) in [6, 6.07) is 0. The SMILES string of the molecule is CC(C)(C)OC(=O)NC[C@@H]1CC[C@H]1CC(=O)O. The second-order valence-electron chi connectivity index (χ2n) is 5.58. The average Bonchev–Trinajstić information content (AvgIpc) is 2.09. The first-order chi connectivity index (χ1) is 7.78. The summed E-state index contributed by atoms with van der Waals surface area (Å²) in [4.78, 5) is 21.9. The number of aliphatic carboxylic acids is 1. The van der Waals surface area contributed by atoms with Gasteiger partial charge < -0.3 is 15.2 Å². The number of nitrogens with one attached hydrogen (secondary N) is 1. The van der Waals surface area contributed by atoms with Crippen molar-refractivity contribution in [2.45, 2.75) is 45.6 Å². The van der Waals surface area contributed by atoms with Gasteiger partial charge in [0.2, 0.25) is 0 Å². The summed E-state index contributed by atoms with van der Waals surface area (Å²) in [7, 11) is 0. The Kier molecular flexibility index (Phi) is 4.37. The van der Waals surface area contributed by atoms with Crippen LogP contribution in [-0.2, 0) is 9.53 Å². The highest BCUT2D eigenvalue weighted by atomic mass is 16.6. The summed E-state index contributed by atoms with van der Waals surface area (Å²) < 4.78 is 5.11. The number of ether oxygens (including phenoxy) is 1. The molecule has 1 aliphatic rings. The number of alkyl carbamates (subject to hydrolysis) is 1. The summed E-state index contributed by atoms with van der Waals surface area (Å²) in [5, 5.41) is 11.4. The summed E-state index contributed by atoms with van der Waals surface area (Å²) in [5.41, 5.74) is -0.496. The Morgan fingerprint density at radius 2 is 1.88 bits per heavy atom. The van der Waals surface area contributed by atoms with Crippen LogP contribution in [0.3, 0.4) is 0 Å². The molecule has 5 heteroatoms. The van der Waals surface area contributed by atoms with Crippen LogP contribution in [0.4, 0.5) is 4.79 Å². The van der Waals surface area contributed by atoms with E-state index in [2.05, 4.69) is 5.32 Å². The molecule has 5 nitrogen and oxygen atoms in total. The van der Waals surface area contributed by atoms with Gasteiger partial charge in [-0.25, -0.2) is 4.79 Å². The second-order valence-corrected chi connectivity index (χ2v) is 5.58. The molecule has 0 aliphatic heterocycles. The van der Waals surface area contributed by atoms with Crippen LogP contribution in [0.25, 0.3) is 0 Å². The van der Waals surface area contributed by atoms with Gasteiger partial charge in [-0.1, -0.05) is 0 Å². The van der Waals surface area contributed by atoms with E-state index in [1.807, 2.05) is 20.8 Å². The third-order valence-corrected chi connectivity index (χ3v) is 2.92. The highest BCUT2D eigenvalue weighted by Crippen LogP contribution is 2.36. The first kappa shape index (κ1) is 13.8. The van der Waals surface area contributed by atoms with Crippen LogP contribution in [-0.4, -0.2) is 29.3 Å². The summed E-state index contributed by atoms with van der Waals surface area (Å²) >= 11 is 0. The second kappa shape index (κ2) is 5.38. The lowest BCUT2D eigenvalue weighted by Gasteiger charge is -2.35. The maximum Gasteiger partial charge on any atom is 0.407 e. The molecule has 1 rings (SSSR count). The molecule has 2 N–H and O–H groups in total. The smallest absolute Gasteiger partial charge is 0.407 e. The zero-order valence-electron chi connectivity index (χ0n) is 10.7. The van der Waals surface area contributed by atoms with Gasteiger partial charge in [0.05, 0.1) is 0 Å². The lowest BCUT2D eigenvalue weighted by Crippen LogP contribution is -2.40. The Bertz CT molecular complexity index is 295. The van der Waals surface area contributed by atoms with Gasteiger partial charge in [-0.2, -0.15) is 0 Å². The molecule has 17 heavy (non-hydrogen) atoms. The summed E-state index contributed by atoms with van der Waals surface area (Å²) in [5.74, 6) is -0.293. The normalized spacial score (nSPS) is 23.7. The van der Waals surface area contributed by atoms with Gasteiger partial charge in [0.15, 0.2) is 0 Å². The number of rotatable bonds is 4. The number of carbonyl (C=O) groups is 2. The molecule has 0 spiro atoms. The number of carbonyl (C=O) groups excluding carboxylic acids is 1. The first-order valence-corrected chi connectivity index (χ1v) is 5.96. The predicted octanol–water partition coefficient (Wildman–Crippen LogP) is 2.01. The minimum atomic E-state index is -0.767. The van der Waals surface area contributed by atoms with Crippen molar-refractivity contribution in [3.8, 4) is 0 Å². The number of carboxylic acid groups (broad SMARTS) is 1. The number of carboxylic acids is 1. The van der Waals surface area contributed by atoms with Crippen LogP contribution >= 0.6 is 0 Å². The third-order valence-electron chi connectivity index (χ3n) is 2.92. The zero-order valence-corrected chi connectivity index (χ0v) is 10.7. The van der Waals surface area contributed by atoms with Crippen molar-refractivity contribution in [2.75, 3.05) is 6.54 Å². The van der Waals surface area contributed by atoms with Crippen LogP contribution in [0, 0.1) is 11.8 Å². The Labute approximate surface area is 102 Å². The molecule has 0 heterocycles. The Hall–Kier alpha value is -1.26. The molecule has 0 aromatic carbocycles. The van der Waals surface area contributed by atoms with Crippen LogP contribution in [0.1, 0.15) is 40.0 Å². The lowest BCUT2D eigenvalue weighted by atomic mass is 9.72. The van der Waals surface area contributed by atoms with E-state index in [0.717, 1.165) is 12.8 Å². The van der Waals surface area contributed by atoms with Crippen LogP contribution < -0.4 is 5.32 Å². The van der Waals surface area contributed by atoms with E-state index in [1.165, 1.54) is 0 Å². The number of amides is 1. The van der Waals surface area contributed by atoms with Gasteiger partial charge in [0, 0.05) is 13.0 Å². The van der Waals surface area contributed by atoms with Crippen molar-refractivity contribution >= 4 is 12.1 Å². The van der Waals surface area contributed by atoms with Crippen molar-refractivity contribution in [1.29, 1.82) is 0 Å². The van der Waals surface area contributed by atoms with Gasteiger partial charge in [0.1, 0.15) is 5.60 Å². The summed E-state index contributed by atoms with van der Waals surface area (Å²) in [6.45, 7) is 5.93. The molecular weight excluding hydrogens is 222 g/mol. The minimum absolute atomic E-state index is 0.195. The van der Waals surface area contributed by atoms with Crippen molar-refractivity contribution in [2.24, 2.45) is 11.8 Å². The van der Waals surface area contributed by atoms with E-state index >= 15 is 0 Å². The van der Waals surface area contributed by atoms with Crippen LogP contribution in [0.5, 0.6) is 0 Å². The molecular formula is C12H21NO4. The van der Waals surface area contributed by atoms with Gasteiger partial charge in [0.25, 0.3) is 0 Å². The van der Waals surface area contributed by atoms with E-state index in [1.54, 1.807) is 0 Å². The Balaban J connectivity index is 2.23. The largest absolute Gasteiger partial charge is 0.481 e. The van der Waals surface area contributed by atoms with E-state index in [-0.39, 0.29) is 18.3 Å². The Morgan fingerprint density at radius 3 is 2.29 bits per heavy atom. The maximum absolute atomic E-state index is 11.4. The van der Waals surface area contributed by atoms with E-state index < -0.39 is 17.7 Å². The molecule has 0 bridgehead atoms. The molecule has 2 atom stereocenters. The fourth-order valence-corrected chi connectivity index (χ4v) is 1.93. The fraction of sp³-hybridized carbons (Fsp3) is 0.833. The molecule has 1 fully saturated rings. The lowest BCUT2D eigenvalue weighted by molar-refractivity contribution is -0.139. The average molecular weight is 243 g/mol. The van der Waals surface area contributed by atoms with E-state index in [9.17, 15) is 9.59 Å². The molecule has 0 radical (unpaired) electrons. The quantitative estimate of drug-likeness (QED) is 0.792. The molecule has 0 saturated heterocycles. The van der Waals surface area contributed by atoms with Crippen molar-refractivity contribution in [1.82, 2.24) is 5.32 Å². The van der Waals surface area contributed by atoms with Crippen LogP contribution in [0.2, 0.25) is 0 Å². The molecule has 0 aromatic heterocycles. The highest BCUT2D eigenvalue weighted by molar-refractivity contribution is 5.68. The molecule has 1 amide bonds. The number of hydrogen-bond acceptors (Lipinski definition) is 3. The highest BCUT2D eigenvalue weighted by Gasteiger charge is 2.32. The van der Waals surface area contributed by atoms with Crippen molar-refractivity contribution in [3.05, 3.63) is 0 Å². The number of hydrogen-bond donors (Lipinski definition) is 2. The predicted molar refractivity (Wildman–Crippen MR) is 62.7 cm³/mol. The molecule has 0 aromatic rings. The topological polar surface area (TPSA) is 75.6 Å².